The van der Waals surface area contributed by atoms with Gasteiger partial charge in [0, 0.05) is 6.04 Å². The van der Waals surface area contributed by atoms with Gasteiger partial charge in [-0.3, -0.25) is 11.3 Å². The zero-order valence-electron chi connectivity index (χ0n) is 13.0. The highest BCUT2D eigenvalue weighted by Gasteiger charge is 2.14. The van der Waals surface area contributed by atoms with Gasteiger partial charge in [0.2, 0.25) is 0 Å². The molecule has 20 heavy (non-hydrogen) atoms. The SMILES string of the molecule is CCN(CC)CCC(NN)c1ccc(OC)c(OC)c1. The van der Waals surface area contributed by atoms with Gasteiger partial charge >= 0.3 is 0 Å². The van der Waals surface area contributed by atoms with Gasteiger partial charge in [-0.15, -0.1) is 0 Å². The van der Waals surface area contributed by atoms with Crippen LogP contribution < -0.4 is 20.7 Å². The smallest absolute Gasteiger partial charge is 0.161 e. The van der Waals surface area contributed by atoms with Crippen molar-refractivity contribution in [2.24, 2.45) is 5.84 Å². The molecular weight excluding hydrogens is 254 g/mol. The summed E-state index contributed by atoms with van der Waals surface area (Å²) in [6.07, 6.45) is 0.952. The molecule has 1 aromatic rings. The minimum atomic E-state index is 0.107. The second kappa shape index (κ2) is 8.79. The normalized spacial score (nSPS) is 12.5. The molecule has 0 radical (unpaired) electrons. The van der Waals surface area contributed by atoms with Crippen molar-refractivity contribution in [2.75, 3.05) is 33.9 Å². The van der Waals surface area contributed by atoms with Crippen LogP contribution in [0, 0.1) is 0 Å². The third-order valence-corrected chi connectivity index (χ3v) is 3.64. The Hall–Kier alpha value is -1.30. The third kappa shape index (κ3) is 4.37. The first kappa shape index (κ1) is 16.8. The van der Waals surface area contributed by atoms with E-state index in [1.54, 1.807) is 14.2 Å². The summed E-state index contributed by atoms with van der Waals surface area (Å²) >= 11 is 0. The molecule has 5 nitrogen and oxygen atoms in total. The molecule has 3 N–H and O–H groups in total. The van der Waals surface area contributed by atoms with Crippen LogP contribution in [-0.4, -0.2) is 38.8 Å². The quantitative estimate of drug-likeness (QED) is 0.535. The Balaban J connectivity index is 2.79. The first-order valence-electron chi connectivity index (χ1n) is 7.10. The molecule has 1 aromatic carbocycles. The van der Waals surface area contributed by atoms with Crippen molar-refractivity contribution in [1.29, 1.82) is 0 Å². The van der Waals surface area contributed by atoms with Crippen LogP contribution >= 0.6 is 0 Å². The predicted octanol–water partition coefficient (Wildman–Crippen LogP) is 1.94. The Morgan fingerprint density at radius 1 is 1.15 bits per heavy atom. The Labute approximate surface area is 122 Å². The summed E-state index contributed by atoms with van der Waals surface area (Å²) < 4.78 is 10.6. The Morgan fingerprint density at radius 2 is 1.80 bits per heavy atom. The molecule has 0 bridgehead atoms. The zero-order valence-corrected chi connectivity index (χ0v) is 13.0. The first-order chi connectivity index (χ1) is 9.69. The lowest BCUT2D eigenvalue weighted by Gasteiger charge is -2.23. The van der Waals surface area contributed by atoms with E-state index in [0.717, 1.165) is 43.1 Å². The standard InChI is InChI=1S/C15H27N3O2/c1-5-18(6-2)10-9-13(17-16)12-7-8-14(19-3)15(11-12)20-4/h7-8,11,13,17H,5-6,9-10,16H2,1-4H3. The van der Waals surface area contributed by atoms with Crippen LogP contribution in [0.25, 0.3) is 0 Å². The summed E-state index contributed by atoms with van der Waals surface area (Å²) in [7, 11) is 3.28. The number of nitrogens with one attached hydrogen (secondary N) is 1. The molecule has 1 rings (SSSR count). The van der Waals surface area contributed by atoms with Gasteiger partial charge in [-0.05, 0) is 43.8 Å². The van der Waals surface area contributed by atoms with Gasteiger partial charge in [-0.25, -0.2) is 0 Å². The largest absolute Gasteiger partial charge is 0.493 e. The highest BCUT2D eigenvalue weighted by atomic mass is 16.5. The number of nitrogens with two attached hydrogens (primary N) is 1. The topological polar surface area (TPSA) is 59.8 Å². The van der Waals surface area contributed by atoms with E-state index in [0.29, 0.717) is 0 Å². The van der Waals surface area contributed by atoms with Crippen molar-refractivity contribution in [3.8, 4) is 11.5 Å². The van der Waals surface area contributed by atoms with E-state index >= 15 is 0 Å². The molecule has 0 aliphatic rings. The monoisotopic (exact) mass is 281 g/mol. The van der Waals surface area contributed by atoms with Crippen LogP contribution in [0.1, 0.15) is 31.9 Å². The fraction of sp³-hybridized carbons (Fsp3) is 0.600. The Bertz CT molecular complexity index is 395. The summed E-state index contributed by atoms with van der Waals surface area (Å²) in [4.78, 5) is 2.38. The summed E-state index contributed by atoms with van der Waals surface area (Å²) in [5, 5.41) is 0. The molecule has 5 heteroatoms. The fourth-order valence-corrected chi connectivity index (χ4v) is 2.27. The van der Waals surface area contributed by atoms with Crippen LogP contribution in [-0.2, 0) is 0 Å². The molecule has 1 atom stereocenters. The maximum absolute atomic E-state index is 5.70. The van der Waals surface area contributed by atoms with Crippen molar-refractivity contribution >= 4 is 0 Å². The number of hydrogen-bond acceptors (Lipinski definition) is 5. The molecule has 0 aliphatic heterocycles. The van der Waals surface area contributed by atoms with Crippen LogP contribution in [0.2, 0.25) is 0 Å². The van der Waals surface area contributed by atoms with Crippen LogP contribution in [0.15, 0.2) is 18.2 Å². The zero-order chi connectivity index (χ0) is 15.0. The Kier molecular flexibility index (Phi) is 7.36. The maximum Gasteiger partial charge on any atom is 0.161 e. The van der Waals surface area contributed by atoms with Crippen LogP contribution in [0.5, 0.6) is 11.5 Å². The highest BCUT2D eigenvalue weighted by molar-refractivity contribution is 5.43. The molecule has 0 aromatic heterocycles. The van der Waals surface area contributed by atoms with Crippen molar-refractivity contribution in [2.45, 2.75) is 26.3 Å². The van der Waals surface area contributed by atoms with Gasteiger partial charge in [0.25, 0.3) is 0 Å². The van der Waals surface area contributed by atoms with Crippen molar-refractivity contribution in [1.82, 2.24) is 10.3 Å². The summed E-state index contributed by atoms with van der Waals surface area (Å²) in [5.41, 5.74) is 4.00. The molecule has 0 saturated carbocycles. The van der Waals surface area contributed by atoms with E-state index in [9.17, 15) is 0 Å². The van der Waals surface area contributed by atoms with E-state index in [2.05, 4.69) is 24.2 Å². The molecule has 0 spiro atoms. The van der Waals surface area contributed by atoms with Gasteiger partial charge in [0.15, 0.2) is 11.5 Å². The van der Waals surface area contributed by atoms with Gasteiger partial charge < -0.3 is 14.4 Å². The van der Waals surface area contributed by atoms with Crippen molar-refractivity contribution in [3.05, 3.63) is 23.8 Å². The van der Waals surface area contributed by atoms with Gasteiger partial charge in [0.05, 0.1) is 14.2 Å². The second-order valence-corrected chi connectivity index (χ2v) is 4.65. The predicted molar refractivity (Wildman–Crippen MR) is 82.0 cm³/mol. The van der Waals surface area contributed by atoms with E-state index in [1.807, 2.05) is 18.2 Å². The number of rotatable bonds is 9. The summed E-state index contributed by atoms with van der Waals surface area (Å²) in [6.45, 7) is 7.46. The van der Waals surface area contributed by atoms with Crippen molar-refractivity contribution < 1.29 is 9.47 Å². The van der Waals surface area contributed by atoms with Gasteiger partial charge in [-0.2, -0.15) is 0 Å². The number of hydrogen-bond donors (Lipinski definition) is 2. The van der Waals surface area contributed by atoms with Crippen LogP contribution in [0.3, 0.4) is 0 Å². The first-order valence-corrected chi connectivity index (χ1v) is 7.10. The van der Waals surface area contributed by atoms with Gasteiger partial charge in [0.1, 0.15) is 0 Å². The number of ether oxygens (including phenoxy) is 2. The van der Waals surface area contributed by atoms with E-state index in [4.69, 9.17) is 15.3 Å². The van der Waals surface area contributed by atoms with E-state index < -0.39 is 0 Å². The van der Waals surface area contributed by atoms with Gasteiger partial charge in [-0.1, -0.05) is 19.9 Å². The summed E-state index contributed by atoms with van der Waals surface area (Å²) in [6, 6.07) is 6.02. The minimum absolute atomic E-state index is 0.107. The average Bonchev–Trinajstić information content (AvgIpc) is 2.51. The van der Waals surface area contributed by atoms with Crippen LogP contribution in [0.4, 0.5) is 0 Å². The second-order valence-electron chi connectivity index (χ2n) is 4.65. The number of nitrogens with zero attached hydrogens (tertiary/aromatic N) is 1. The fourth-order valence-electron chi connectivity index (χ4n) is 2.27. The molecule has 1 unspecified atom stereocenters. The average molecular weight is 281 g/mol. The molecule has 0 saturated heterocycles. The lowest BCUT2D eigenvalue weighted by Crippen LogP contribution is -2.32. The molecule has 0 amide bonds. The molecule has 0 heterocycles. The Morgan fingerprint density at radius 3 is 2.30 bits per heavy atom. The van der Waals surface area contributed by atoms with E-state index in [-0.39, 0.29) is 6.04 Å². The molecule has 114 valence electrons. The maximum atomic E-state index is 5.70. The third-order valence-electron chi connectivity index (χ3n) is 3.64. The molecular formula is C15H27N3O2. The molecule has 0 fully saturated rings. The summed E-state index contributed by atoms with van der Waals surface area (Å²) in [5.74, 6) is 7.16. The van der Waals surface area contributed by atoms with E-state index in [1.165, 1.54) is 0 Å². The highest BCUT2D eigenvalue weighted by Crippen LogP contribution is 2.30. The number of hydrazine groups is 1. The minimum Gasteiger partial charge on any atom is -0.493 e. The number of methoxy groups -OCH3 is 2. The lowest BCUT2D eigenvalue weighted by atomic mass is 10.0. The lowest BCUT2D eigenvalue weighted by molar-refractivity contribution is 0.282. The number of benzene rings is 1. The van der Waals surface area contributed by atoms with Crippen molar-refractivity contribution in [3.63, 3.8) is 0 Å². The molecule has 0 aliphatic carbocycles.